The van der Waals surface area contributed by atoms with E-state index in [0.29, 0.717) is 0 Å². The molecule has 20 heavy (non-hydrogen) atoms. The van der Waals surface area contributed by atoms with Crippen LogP contribution < -0.4 is 0 Å². The number of hydrogen-bond acceptors (Lipinski definition) is 3. The Kier molecular flexibility index (Phi) is 5.84. The van der Waals surface area contributed by atoms with Gasteiger partial charge < -0.3 is 15.3 Å². The van der Waals surface area contributed by atoms with Crippen LogP contribution in [0.1, 0.15) is 11.1 Å². The minimum atomic E-state index is -0.981. The van der Waals surface area contributed by atoms with Crippen molar-refractivity contribution < 1.29 is 20.1 Å². The van der Waals surface area contributed by atoms with Gasteiger partial charge >= 0.3 is 5.97 Å². The molecule has 0 aliphatic carbocycles. The van der Waals surface area contributed by atoms with Gasteiger partial charge in [0.05, 0.1) is 0 Å². The summed E-state index contributed by atoms with van der Waals surface area (Å²) >= 11 is 0. The van der Waals surface area contributed by atoms with E-state index in [4.69, 9.17) is 15.3 Å². The molecule has 4 nitrogen and oxygen atoms in total. The maximum absolute atomic E-state index is 9.25. The van der Waals surface area contributed by atoms with Gasteiger partial charge in [0, 0.05) is 6.08 Å². The highest BCUT2D eigenvalue weighted by Crippen LogP contribution is 2.15. The van der Waals surface area contributed by atoms with Crippen LogP contribution in [-0.4, -0.2) is 21.3 Å². The SMILES string of the molecule is C=CC(=O)O.Oc1ccc(Cc2ccc(O)cc2)cc1. The van der Waals surface area contributed by atoms with Gasteiger partial charge in [-0.25, -0.2) is 4.79 Å². The molecule has 4 heteroatoms. The van der Waals surface area contributed by atoms with E-state index in [1.807, 2.05) is 24.3 Å². The van der Waals surface area contributed by atoms with E-state index in [-0.39, 0.29) is 11.5 Å². The molecule has 0 saturated carbocycles. The molecule has 0 heterocycles. The van der Waals surface area contributed by atoms with E-state index in [1.54, 1.807) is 24.3 Å². The van der Waals surface area contributed by atoms with Crippen LogP contribution in [0.4, 0.5) is 0 Å². The standard InChI is InChI=1S/C13H12O2.C3H4O2/c14-12-5-1-10(2-6-12)9-11-3-7-13(15)8-4-11;1-2-3(4)5/h1-8,14-15H,9H2;2H,1H2,(H,4,5). The second-order valence-corrected chi connectivity index (χ2v) is 4.05. The molecular formula is C16H16O4. The Balaban J connectivity index is 0.000000347. The molecule has 0 aromatic heterocycles. The monoisotopic (exact) mass is 272 g/mol. The van der Waals surface area contributed by atoms with Crippen LogP contribution >= 0.6 is 0 Å². The number of aromatic hydroxyl groups is 2. The first-order chi connectivity index (χ1) is 9.51. The Morgan fingerprint density at radius 1 is 0.900 bits per heavy atom. The Morgan fingerprint density at radius 3 is 1.45 bits per heavy atom. The van der Waals surface area contributed by atoms with E-state index in [1.165, 1.54) is 0 Å². The van der Waals surface area contributed by atoms with Gasteiger partial charge in [0.15, 0.2) is 0 Å². The number of rotatable bonds is 3. The number of benzene rings is 2. The molecule has 0 atom stereocenters. The molecule has 0 fully saturated rings. The zero-order chi connectivity index (χ0) is 15.0. The number of aliphatic carboxylic acids is 1. The van der Waals surface area contributed by atoms with Crippen molar-refractivity contribution >= 4 is 5.97 Å². The maximum Gasteiger partial charge on any atom is 0.327 e. The summed E-state index contributed by atoms with van der Waals surface area (Å²) < 4.78 is 0. The summed E-state index contributed by atoms with van der Waals surface area (Å²) in [6.45, 7) is 2.96. The average molecular weight is 272 g/mol. The summed E-state index contributed by atoms with van der Waals surface area (Å²) in [5.41, 5.74) is 2.27. The predicted octanol–water partition coefficient (Wildman–Crippen LogP) is 2.95. The van der Waals surface area contributed by atoms with Gasteiger partial charge in [-0.1, -0.05) is 30.8 Å². The lowest BCUT2D eigenvalue weighted by Gasteiger charge is -2.02. The Bertz CT molecular complexity index is 513. The van der Waals surface area contributed by atoms with Crippen molar-refractivity contribution in [1.29, 1.82) is 0 Å². The smallest absolute Gasteiger partial charge is 0.327 e. The van der Waals surface area contributed by atoms with Crippen molar-refractivity contribution in [3.05, 3.63) is 72.3 Å². The van der Waals surface area contributed by atoms with Gasteiger partial charge in [0.1, 0.15) is 11.5 Å². The fourth-order valence-electron chi connectivity index (χ4n) is 1.46. The van der Waals surface area contributed by atoms with E-state index < -0.39 is 5.97 Å². The first-order valence-corrected chi connectivity index (χ1v) is 5.92. The Morgan fingerprint density at radius 2 is 1.20 bits per heavy atom. The van der Waals surface area contributed by atoms with Crippen LogP contribution in [0.25, 0.3) is 0 Å². The molecule has 2 aromatic rings. The second-order valence-electron chi connectivity index (χ2n) is 4.05. The van der Waals surface area contributed by atoms with E-state index in [2.05, 4.69) is 6.58 Å². The van der Waals surface area contributed by atoms with Crippen LogP contribution in [0.3, 0.4) is 0 Å². The van der Waals surface area contributed by atoms with Crippen molar-refractivity contribution in [2.24, 2.45) is 0 Å². The van der Waals surface area contributed by atoms with Gasteiger partial charge in [-0.2, -0.15) is 0 Å². The lowest BCUT2D eigenvalue weighted by Crippen LogP contribution is -1.86. The summed E-state index contributed by atoms with van der Waals surface area (Å²) in [5.74, 6) is -0.418. The molecule has 0 amide bonds. The summed E-state index contributed by atoms with van der Waals surface area (Å²) in [7, 11) is 0. The fraction of sp³-hybridized carbons (Fsp3) is 0.0625. The number of hydrogen-bond donors (Lipinski definition) is 3. The maximum atomic E-state index is 9.25. The third-order valence-corrected chi connectivity index (χ3v) is 2.46. The zero-order valence-electron chi connectivity index (χ0n) is 10.9. The van der Waals surface area contributed by atoms with Crippen molar-refractivity contribution in [1.82, 2.24) is 0 Å². The molecule has 0 aliphatic rings. The van der Waals surface area contributed by atoms with Crippen LogP contribution in [0.5, 0.6) is 11.5 Å². The second kappa shape index (κ2) is 7.63. The molecule has 0 unspecified atom stereocenters. The van der Waals surface area contributed by atoms with Crippen molar-refractivity contribution in [2.75, 3.05) is 0 Å². The molecule has 0 aliphatic heterocycles. The Hall–Kier alpha value is -2.75. The summed E-state index contributed by atoms with van der Waals surface area (Å²) in [5, 5.41) is 25.9. The largest absolute Gasteiger partial charge is 0.508 e. The molecule has 3 N–H and O–H groups in total. The van der Waals surface area contributed by atoms with Crippen LogP contribution in [0.2, 0.25) is 0 Å². The van der Waals surface area contributed by atoms with E-state index >= 15 is 0 Å². The van der Waals surface area contributed by atoms with Crippen LogP contribution in [0.15, 0.2) is 61.2 Å². The average Bonchev–Trinajstić information content (AvgIpc) is 2.44. The van der Waals surface area contributed by atoms with Gasteiger partial charge in [-0.05, 0) is 41.8 Å². The first-order valence-electron chi connectivity index (χ1n) is 5.92. The molecule has 2 aromatic carbocycles. The van der Waals surface area contributed by atoms with Crippen molar-refractivity contribution in [2.45, 2.75) is 6.42 Å². The molecule has 104 valence electrons. The third-order valence-electron chi connectivity index (χ3n) is 2.46. The topological polar surface area (TPSA) is 77.8 Å². The third kappa shape index (κ3) is 5.73. The number of carboxylic acids is 1. The quantitative estimate of drug-likeness (QED) is 0.751. The highest BCUT2D eigenvalue weighted by Gasteiger charge is 1.96. The highest BCUT2D eigenvalue weighted by atomic mass is 16.4. The lowest BCUT2D eigenvalue weighted by molar-refractivity contribution is -0.131. The summed E-state index contributed by atoms with van der Waals surface area (Å²) in [4.78, 5) is 9.25. The van der Waals surface area contributed by atoms with E-state index in [9.17, 15) is 4.79 Å². The minimum absolute atomic E-state index is 0.282. The van der Waals surface area contributed by atoms with Gasteiger partial charge in [0.25, 0.3) is 0 Å². The number of phenolic OH excluding ortho intramolecular Hbond substituents is 2. The normalized spacial score (nSPS) is 9.20. The van der Waals surface area contributed by atoms with E-state index in [0.717, 1.165) is 23.6 Å². The summed E-state index contributed by atoms with van der Waals surface area (Å²) in [6.07, 6.45) is 1.64. The lowest BCUT2D eigenvalue weighted by atomic mass is 10.1. The van der Waals surface area contributed by atoms with Crippen molar-refractivity contribution in [3.63, 3.8) is 0 Å². The predicted molar refractivity (Wildman–Crippen MR) is 76.9 cm³/mol. The first kappa shape index (κ1) is 15.3. The molecule has 2 rings (SSSR count). The molecule has 0 radical (unpaired) electrons. The van der Waals surface area contributed by atoms with Gasteiger partial charge in [-0.15, -0.1) is 0 Å². The molecule has 0 spiro atoms. The van der Waals surface area contributed by atoms with Gasteiger partial charge in [0.2, 0.25) is 0 Å². The van der Waals surface area contributed by atoms with Crippen molar-refractivity contribution in [3.8, 4) is 11.5 Å². The minimum Gasteiger partial charge on any atom is -0.508 e. The van der Waals surface area contributed by atoms with Crippen LogP contribution in [0, 0.1) is 0 Å². The number of carboxylic acid groups (broad SMARTS) is 1. The molecule has 0 bridgehead atoms. The highest BCUT2D eigenvalue weighted by molar-refractivity contribution is 5.78. The number of carbonyl (C=O) groups is 1. The molecule has 0 saturated heterocycles. The van der Waals surface area contributed by atoms with Crippen LogP contribution in [-0.2, 0) is 11.2 Å². The number of phenols is 2. The zero-order valence-corrected chi connectivity index (χ0v) is 10.9. The molecular weight excluding hydrogens is 256 g/mol. The summed E-state index contributed by atoms with van der Waals surface area (Å²) in [6, 6.07) is 14.3. The van der Waals surface area contributed by atoms with Gasteiger partial charge in [-0.3, -0.25) is 0 Å². The fourth-order valence-corrected chi connectivity index (χ4v) is 1.46. The Labute approximate surface area is 117 Å².